The summed E-state index contributed by atoms with van der Waals surface area (Å²) in [5.74, 6) is 1.50. The zero-order valence-corrected chi connectivity index (χ0v) is 11.2. The molecule has 0 N–H and O–H groups in total. The Morgan fingerprint density at radius 3 is 2.65 bits per heavy atom. The number of pyridine rings is 2. The molecule has 2 aromatic heterocycles. The maximum absolute atomic E-state index is 5.19. The summed E-state index contributed by atoms with van der Waals surface area (Å²) < 4.78 is 10.3. The van der Waals surface area contributed by atoms with Crippen molar-refractivity contribution >= 4 is 6.08 Å². The minimum absolute atomic E-state index is 0.300. The summed E-state index contributed by atoms with van der Waals surface area (Å²) in [5, 5.41) is 0. The number of fused-ring (bicyclic) bond motifs is 1. The van der Waals surface area contributed by atoms with Gasteiger partial charge in [-0.3, -0.25) is 9.97 Å². The third-order valence-corrected chi connectivity index (χ3v) is 2.57. The highest BCUT2D eigenvalue weighted by Gasteiger charge is 2.13. The number of ether oxygens (including phenoxy) is 2. The molecule has 0 unspecified atom stereocenters. The summed E-state index contributed by atoms with van der Waals surface area (Å²) in [6.07, 6.45) is 7.72. The molecular formula is C16H16N2O2. The molecule has 1 aliphatic heterocycles. The van der Waals surface area contributed by atoms with Crippen LogP contribution in [0.4, 0.5) is 0 Å². The van der Waals surface area contributed by atoms with E-state index in [0.29, 0.717) is 6.79 Å². The number of hydrogen-bond donors (Lipinski definition) is 0. The fourth-order valence-electron chi connectivity index (χ4n) is 1.60. The Kier molecular flexibility index (Phi) is 4.89. The van der Waals surface area contributed by atoms with E-state index in [9.17, 15) is 0 Å². The van der Waals surface area contributed by atoms with Crippen LogP contribution >= 0.6 is 0 Å². The van der Waals surface area contributed by atoms with Gasteiger partial charge in [-0.2, -0.15) is 0 Å². The number of hydrogen-bond acceptors (Lipinski definition) is 4. The standard InChI is InChI=1S/C9H9NO2.C7H7N/c1-2-3-7-4-8-9(5-10-7)12-6-11-8;1-2-7-5-3-4-6-8-7/h2,4-5H,1,3,6H2;2-6H,1H2. The second kappa shape index (κ2) is 7.09. The van der Waals surface area contributed by atoms with Crippen molar-refractivity contribution in [2.24, 2.45) is 0 Å². The number of nitrogens with zero attached hydrogens (tertiary/aromatic N) is 2. The molecule has 3 rings (SSSR count). The Hall–Kier alpha value is -2.62. The molecule has 0 saturated carbocycles. The zero-order chi connectivity index (χ0) is 14.2. The third-order valence-electron chi connectivity index (χ3n) is 2.57. The van der Waals surface area contributed by atoms with Gasteiger partial charge in [0.05, 0.1) is 11.9 Å². The fraction of sp³-hybridized carbons (Fsp3) is 0.125. The molecule has 0 aromatic carbocycles. The Labute approximate surface area is 118 Å². The van der Waals surface area contributed by atoms with E-state index >= 15 is 0 Å². The first-order valence-corrected chi connectivity index (χ1v) is 6.22. The van der Waals surface area contributed by atoms with Crippen molar-refractivity contribution in [2.45, 2.75) is 6.42 Å². The summed E-state index contributed by atoms with van der Waals surface area (Å²) in [5.41, 5.74) is 1.88. The summed E-state index contributed by atoms with van der Waals surface area (Å²) in [4.78, 5) is 8.14. The van der Waals surface area contributed by atoms with Crippen LogP contribution in [0.2, 0.25) is 0 Å². The van der Waals surface area contributed by atoms with Crippen molar-refractivity contribution in [1.29, 1.82) is 0 Å². The lowest BCUT2D eigenvalue weighted by Crippen LogP contribution is -1.92. The third kappa shape index (κ3) is 3.68. The first-order chi connectivity index (χ1) is 9.83. The smallest absolute Gasteiger partial charge is 0.231 e. The monoisotopic (exact) mass is 268 g/mol. The first-order valence-electron chi connectivity index (χ1n) is 6.22. The summed E-state index contributed by atoms with van der Waals surface area (Å²) in [7, 11) is 0. The van der Waals surface area contributed by atoms with Crippen LogP contribution in [-0.4, -0.2) is 16.8 Å². The van der Waals surface area contributed by atoms with Gasteiger partial charge in [0, 0.05) is 24.4 Å². The Morgan fingerprint density at radius 2 is 2.00 bits per heavy atom. The predicted molar refractivity (Wildman–Crippen MR) is 78.6 cm³/mol. The van der Waals surface area contributed by atoms with Crippen molar-refractivity contribution in [3.63, 3.8) is 0 Å². The van der Waals surface area contributed by atoms with Crippen LogP contribution in [0.15, 0.2) is 55.9 Å². The highest BCUT2D eigenvalue weighted by Crippen LogP contribution is 2.31. The highest BCUT2D eigenvalue weighted by atomic mass is 16.7. The van der Waals surface area contributed by atoms with E-state index in [-0.39, 0.29) is 0 Å². The molecule has 0 atom stereocenters. The van der Waals surface area contributed by atoms with Crippen LogP contribution in [-0.2, 0) is 6.42 Å². The minimum Gasteiger partial charge on any atom is -0.453 e. The molecule has 0 amide bonds. The summed E-state index contributed by atoms with van der Waals surface area (Å²) >= 11 is 0. The zero-order valence-electron chi connectivity index (χ0n) is 11.2. The van der Waals surface area contributed by atoms with Crippen LogP contribution in [0, 0.1) is 0 Å². The molecule has 0 spiro atoms. The lowest BCUT2D eigenvalue weighted by molar-refractivity contribution is 0.174. The van der Waals surface area contributed by atoms with Gasteiger partial charge in [-0.1, -0.05) is 18.7 Å². The largest absolute Gasteiger partial charge is 0.453 e. The van der Waals surface area contributed by atoms with E-state index in [1.807, 2.05) is 30.3 Å². The Bertz CT molecular complexity index is 582. The van der Waals surface area contributed by atoms with E-state index in [4.69, 9.17) is 9.47 Å². The van der Waals surface area contributed by atoms with Gasteiger partial charge in [-0.15, -0.1) is 6.58 Å². The van der Waals surface area contributed by atoms with Gasteiger partial charge in [0.1, 0.15) is 0 Å². The molecule has 4 heteroatoms. The first kappa shape index (κ1) is 13.8. The van der Waals surface area contributed by atoms with E-state index in [1.54, 1.807) is 18.5 Å². The topological polar surface area (TPSA) is 44.2 Å². The van der Waals surface area contributed by atoms with E-state index in [1.165, 1.54) is 0 Å². The molecule has 4 nitrogen and oxygen atoms in total. The van der Waals surface area contributed by atoms with Gasteiger partial charge >= 0.3 is 0 Å². The number of allylic oxidation sites excluding steroid dienone is 1. The second-order valence-electron chi connectivity index (χ2n) is 3.98. The van der Waals surface area contributed by atoms with Crippen molar-refractivity contribution in [1.82, 2.24) is 9.97 Å². The number of rotatable bonds is 3. The van der Waals surface area contributed by atoms with Gasteiger partial charge in [-0.05, 0) is 18.2 Å². The van der Waals surface area contributed by atoms with Crippen LogP contribution in [0.1, 0.15) is 11.4 Å². The maximum atomic E-state index is 5.19. The molecular weight excluding hydrogens is 252 g/mol. The van der Waals surface area contributed by atoms with E-state index in [2.05, 4.69) is 23.1 Å². The Balaban J connectivity index is 0.000000160. The Morgan fingerprint density at radius 1 is 1.15 bits per heavy atom. The van der Waals surface area contributed by atoms with Crippen molar-refractivity contribution < 1.29 is 9.47 Å². The van der Waals surface area contributed by atoms with Crippen LogP contribution in [0.3, 0.4) is 0 Å². The molecule has 0 fully saturated rings. The molecule has 0 aliphatic carbocycles. The minimum atomic E-state index is 0.300. The van der Waals surface area contributed by atoms with Gasteiger partial charge in [0.2, 0.25) is 6.79 Å². The van der Waals surface area contributed by atoms with Gasteiger partial charge in [0.25, 0.3) is 0 Å². The molecule has 0 radical (unpaired) electrons. The number of aromatic nitrogens is 2. The van der Waals surface area contributed by atoms with Gasteiger partial charge < -0.3 is 9.47 Å². The molecule has 0 bridgehead atoms. The average molecular weight is 268 g/mol. The fourth-order valence-corrected chi connectivity index (χ4v) is 1.60. The maximum Gasteiger partial charge on any atom is 0.231 e. The van der Waals surface area contributed by atoms with Gasteiger partial charge in [0.15, 0.2) is 11.5 Å². The normalized spacial score (nSPS) is 11.2. The molecule has 0 saturated heterocycles. The highest BCUT2D eigenvalue weighted by molar-refractivity contribution is 5.41. The lowest BCUT2D eigenvalue weighted by atomic mass is 10.2. The molecule has 20 heavy (non-hydrogen) atoms. The molecule has 3 heterocycles. The SMILES string of the molecule is C=CCc1cc2c(cn1)OCO2.C=Cc1ccccn1. The average Bonchev–Trinajstić information content (AvgIpc) is 2.97. The predicted octanol–water partition coefficient (Wildman–Crippen LogP) is 3.26. The van der Waals surface area contributed by atoms with Crippen LogP contribution in [0.25, 0.3) is 6.08 Å². The van der Waals surface area contributed by atoms with Crippen molar-refractivity contribution in [3.05, 3.63) is 67.3 Å². The second-order valence-corrected chi connectivity index (χ2v) is 3.98. The van der Waals surface area contributed by atoms with Crippen LogP contribution < -0.4 is 9.47 Å². The molecule has 1 aliphatic rings. The van der Waals surface area contributed by atoms with Crippen molar-refractivity contribution in [2.75, 3.05) is 6.79 Å². The summed E-state index contributed by atoms with van der Waals surface area (Å²) in [6, 6.07) is 7.61. The van der Waals surface area contributed by atoms with E-state index in [0.717, 1.165) is 29.3 Å². The lowest BCUT2D eigenvalue weighted by Gasteiger charge is -1.97. The molecule has 102 valence electrons. The van der Waals surface area contributed by atoms with E-state index < -0.39 is 0 Å². The molecule has 2 aromatic rings. The van der Waals surface area contributed by atoms with Crippen LogP contribution in [0.5, 0.6) is 11.5 Å². The quantitative estimate of drug-likeness (QED) is 0.801. The van der Waals surface area contributed by atoms with Gasteiger partial charge in [-0.25, -0.2) is 0 Å². The van der Waals surface area contributed by atoms with Crippen molar-refractivity contribution in [3.8, 4) is 11.5 Å². The summed E-state index contributed by atoms with van der Waals surface area (Å²) in [6.45, 7) is 7.51.